The molecule has 1 saturated heterocycles. The first kappa shape index (κ1) is 15.7. The van der Waals surface area contributed by atoms with E-state index in [0.29, 0.717) is 0 Å². The summed E-state index contributed by atoms with van der Waals surface area (Å²) in [6.45, 7) is 3.24. The number of hydrogen-bond donors (Lipinski definition) is 0. The molecule has 1 aromatic heterocycles. The highest BCUT2D eigenvalue weighted by Crippen LogP contribution is 2.27. The summed E-state index contributed by atoms with van der Waals surface area (Å²) in [5.74, 6) is 1.79. The SMILES string of the molecule is [Cl-].c1ccc(-c2nc(N3CCOCC3)c3ccccc3n2)cc1. The molecule has 0 atom stereocenters. The van der Waals surface area contributed by atoms with Gasteiger partial charge in [-0.2, -0.15) is 0 Å². The quantitative estimate of drug-likeness (QED) is 0.671. The molecule has 1 fully saturated rings. The van der Waals surface area contributed by atoms with E-state index in [2.05, 4.69) is 11.0 Å². The van der Waals surface area contributed by atoms with Gasteiger partial charge in [-0.3, -0.25) is 0 Å². The molecule has 0 radical (unpaired) electrons. The van der Waals surface area contributed by atoms with Gasteiger partial charge in [0.1, 0.15) is 5.82 Å². The summed E-state index contributed by atoms with van der Waals surface area (Å²) in [4.78, 5) is 11.9. The Labute approximate surface area is 141 Å². The molecular weight excluding hydrogens is 310 g/mol. The molecule has 1 aliphatic rings. The highest BCUT2D eigenvalue weighted by atomic mass is 35.5. The number of anilines is 1. The smallest absolute Gasteiger partial charge is 0.162 e. The number of fused-ring (bicyclic) bond motifs is 1. The fourth-order valence-electron chi connectivity index (χ4n) is 2.79. The maximum absolute atomic E-state index is 5.46. The minimum atomic E-state index is 0. The number of ether oxygens (including phenoxy) is 1. The van der Waals surface area contributed by atoms with Crippen molar-refractivity contribution in [1.82, 2.24) is 9.97 Å². The molecule has 0 saturated carbocycles. The molecule has 4 nitrogen and oxygen atoms in total. The monoisotopic (exact) mass is 326 g/mol. The Morgan fingerprint density at radius 2 is 1.52 bits per heavy atom. The molecular formula is C18H17ClN3O-. The molecule has 4 rings (SSSR count). The number of morpholine rings is 1. The van der Waals surface area contributed by atoms with E-state index in [1.54, 1.807) is 0 Å². The lowest BCUT2D eigenvalue weighted by molar-refractivity contribution is -0.00000519. The van der Waals surface area contributed by atoms with Crippen LogP contribution in [0.25, 0.3) is 22.3 Å². The van der Waals surface area contributed by atoms with Crippen molar-refractivity contribution in [1.29, 1.82) is 0 Å². The summed E-state index contributed by atoms with van der Waals surface area (Å²) in [6.07, 6.45) is 0. The number of para-hydroxylation sites is 1. The Morgan fingerprint density at radius 1 is 0.826 bits per heavy atom. The standard InChI is InChI=1S/C18H17N3O.ClH/c1-2-6-14(7-3-1)17-19-16-9-5-4-8-15(16)18(20-17)21-10-12-22-13-11-21;/h1-9H,10-13H2;1H/p-1. The highest BCUT2D eigenvalue weighted by molar-refractivity contribution is 5.91. The second kappa shape index (κ2) is 6.94. The summed E-state index contributed by atoms with van der Waals surface area (Å²) in [6, 6.07) is 18.3. The molecule has 2 heterocycles. The topological polar surface area (TPSA) is 38.2 Å². The van der Waals surface area contributed by atoms with Crippen molar-refractivity contribution in [2.75, 3.05) is 31.2 Å². The van der Waals surface area contributed by atoms with Gasteiger partial charge >= 0.3 is 0 Å². The van der Waals surface area contributed by atoms with Crippen LogP contribution in [0.1, 0.15) is 0 Å². The summed E-state index contributed by atoms with van der Waals surface area (Å²) >= 11 is 0. The van der Waals surface area contributed by atoms with Crippen molar-refractivity contribution >= 4 is 16.7 Å². The molecule has 0 spiro atoms. The van der Waals surface area contributed by atoms with E-state index in [-0.39, 0.29) is 12.4 Å². The molecule has 0 amide bonds. The molecule has 5 heteroatoms. The van der Waals surface area contributed by atoms with Gasteiger partial charge in [0.05, 0.1) is 18.7 Å². The number of halogens is 1. The maximum Gasteiger partial charge on any atom is 0.162 e. The van der Waals surface area contributed by atoms with Crippen LogP contribution in [0.2, 0.25) is 0 Å². The first-order chi connectivity index (χ1) is 10.9. The third-order valence-corrected chi connectivity index (χ3v) is 3.93. The summed E-state index contributed by atoms with van der Waals surface area (Å²) in [5.41, 5.74) is 2.03. The van der Waals surface area contributed by atoms with Crippen LogP contribution in [0.3, 0.4) is 0 Å². The molecule has 0 aliphatic carbocycles. The lowest BCUT2D eigenvalue weighted by Gasteiger charge is -2.29. The van der Waals surface area contributed by atoms with Crippen molar-refractivity contribution in [3.05, 3.63) is 54.6 Å². The van der Waals surface area contributed by atoms with E-state index in [0.717, 1.165) is 54.4 Å². The van der Waals surface area contributed by atoms with Gasteiger partial charge < -0.3 is 22.0 Å². The van der Waals surface area contributed by atoms with Crippen molar-refractivity contribution < 1.29 is 17.1 Å². The average molecular weight is 327 g/mol. The molecule has 1 aliphatic heterocycles. The predicted octanol–water partition coefficient (Wildman–Crippen LogP) is 0.137. The normalized spacial score (nSPS) is 14.5. The lowest BCUT2D eigenvalue weighted by atomic mass is 10.1. The van der Waals surface area contributed by atoms with E-state index >= 15 is 0 Å². The Balaban J connectivity index is 0.00000156. The van der Waals surface area contributed by atoms with Crippen LogP contribution in [0.5, 0.6) is 0 Å². The lowest BCUT2D eigenvalue weighted by Crippen LogP contribution is -3.00. The van der Waals surface area contributed by atoms with Crippen LogP contribution in [0.4, 0.5) is 5.82 Å². The van der Waals surface area contributed by atoms with Gasteiger partial charge in [0.15, 0.2) is 5.82 Å². The molecule has 118 valence electrons. The fourth-order valence-corrected chi connectivity index (χ4v) is 2.79. The zero-order chi connectivity index (χ0) is 14.8. The first-order valence-electron chi connectivity index (χ1n) is 7.57. The van der Waals surface area contributed by atoms with Crippen molar-refractivity contribution in [3.8, 4) is 11.4 Å². The Kier molecular flexibility index (Phi) is 4.74. The molecule has 3 aromatic rings. The number of hydrogen-bond acceptors (Lipinski definition) is 4. The molecule has 23 heavy (non-hydrogen) atoms. The Hall–Kier alpha value is -2.17. The van der Waals surface area contributed by atoms with Crippen LogP contribution < -0.4 is 17.3 Å². The van der Waals surface area contributed by atoms with Crippen LogP contribution in [0, 0.1) is 0 Å². The minimum absolute atomic E-state index is 0. The number of aromatic nitrogens is 2. The maximum atomic E-state index is 5.46. The van der Waals surface area contributed by atoms with Gasteiger partial charge in [0.2, 0.25) is 0 Å². The third kappa shape index (κ3) is 3.14. The van der Waals surface area contributed by atoms with Crippen LogP contribution in [0.15, 0.2) is 54.6 Å². The predicted molar refractivity (Wildman–Crippen MR) is 88.0 cm³/mol. The molecule has 0 unspecified atom stereocenters. The number of rotatable bonds is 2. The average Bonchev–Trinajstić information content (AvgIpc) is 2.62. The van der Waals surface area contributed by atoms with Gasteiger partial charge in [-0.05, 0) is 12.1 Å². The third-order valence-electron chi connectivity index (χ3n) is 3.93. The first-order valence-corrected chi connectivity index (χ1v) is 7.57. The van der Waals surface area contributed by atoms with Crippen LogP contribution >= 0.6 is 0 Å². The second-order valence-electron chi connectivity index (χ2n) is 5.35. The van der Waals surface area contributed by atoms with Gasteiger partial charge in [-0.1, -0.05) is 42.5 Å². The minimum Gasteiger partial charge on any atom is -1.00 e. The second-order valence-corrected chi connectivity index (χ2v) is 5.35. The van der Waals surface area contributed by atoms with Crippen LogP contribution in [-0.4, -0.2) is 36.3 Å². The largest absolute Gasteiger partial charge is 1.00 e. The highest BCUT2D eigenvalue weighted by Gasteiger charge is 2.17. The van der Waals surface area contributed by atoms with Gasteiger partial charge in [0.25, 0.3) is 0 Å². The molecule has 2 aromatic carbocycles. The summed E-state index contributed by atoms with van der Waals surface area (Å²) < 4.78 is 5.46. The van der Waals surface area contributed by atoms with E-state index in [9.17, 15) is 0 Å². The molecule has 0 N–H and O–H groups in total. The van der Waals surface area contributed by atoms with E-state index in [1.807, 2.05) is 48.5 Å². The summed E-state index contributed by atoms with van der Waals surface area (Å²) in [5, 5.41) is 1.10. The van der Waals surface area contributed by atoms with Gasteiger partial charge in [-0.15, -0.1) is 0 Å². The summed E-state index contributed by atoms with van der Waals surface area (Å²) in [7, 11) is 0. The Bertz CT molecular complexity index is 789. The number of benzene rings is 2. The fraction of sp³-hybridized carbons (Fsp3) is 0.222. The van der Waals surface area contributed by atoms with E-state index < -0.39 is 0 Å². The Morgan fingerprint density at radius 3 is 2.30 bits per heavy atom. The number of nitrogens with zero attached hydrogens (tertiary/aromatic N) is 3. The zero-order valence-electron chi connectivity index (χ0n) is 12.7. The van der Waals surface area contributed by atoms with Gasteiger partial charge in [0, 0.05) is 24.0 Å². The van der Waals surface area contributed by atoms with Gasteiger partial charge in [-0.25, -0.2) is 9.97 Å². The molecule has 0 bridgehead atoms. The van der Waals surface area contributed by atoms with Crippen molar-refractivity contribution in [2.45, 2.75) is 0 Å². The van der Waals surface area contributed by atoms with E-state index in [4.69, 9.17) is 14.7 Å². The zero-order valence-corrected chi connectivity index (χ0v) is 13.4. The van der Waals surface area contributed by atoms with Crippen molar-refractivity contribution in [3.63, 3.8) is 0 Å². The van der Waals surface area contributed by atoms with Crippen LogP contribution in [-0.2, 0) is 4.74 Å². The van der Waals surface area contributed by atoms with Crippen molar-refractivity contribution in [2.24, 2.45) is 0 Å². The van der Waals surface area contributed by atoms with E-state index in [1.165, 1.54) is 0 Å².